The molecule has 0 radical (unpaired) electrons. The number of rotatable bonds is 10. The molecule has 1 atom stereocenters. The number of carbonyl (C=O) groups excluding carboxylic acids is 2. The minimum atomic E-state index is -0.764. The van der Waals surface area contributed by atoms with E-state index in [4.69, 9.17) is 9.47 Å². The van der Waals surface area contributed by atoms with E-state index in [0.29, 0.717) is 25.6 Å². The largest absolute Gasteiger partial charge is 0.465 e. The molecule has 23 heavy (non-hydrogen) atoms. The number of hydrogen-bond donors (Lipinski definition) is 0. The van der Waals surface area contributed by atoms with Gasteiger partial charge in [-0.05, 0) is 31.6 Å². The first-order chi connectivity index (χ1) is 11.1. The number of unbranched alkanes of at least 4 members (excludes halogenated alkanes) is 1. The third-order valence-electron chi connectivity index (χ3n) is 4.97. The molecule has 1 aliphatic carbocycles. The predicted octanol–water partition coefficient (Wildman–Crippen LogP) is 4.51. The first-order valence-electron chi connectivity index (χ1n) is 9.45. The molecule has 0 aromatic rings. The topological polar surface area (TPSA) is 52.6 Å². The van der Waals surface area contributed by atoms with Crippen LogP contribution in [-0.2, 0) is 19.1 Å². The number of esters is 2. The van der Waals surface area contributed by atoms with Gasteiger partial charge in [-0.2, -0.15) is 0 Å². The van der Waals surface area contributed by atoms with Crippen molar-refractivity contribution in [3.8, 4) is 0 Å². The standard InChI is InChI=1S/C19H34O4/c1-4-7-8-15-9-11-16(12-10-15)13-14-23-19(21)17(5-2)18(20)22-6-3/h15-17H,4-14H2,1-3H3. The third-order valence-corrected chi connectivity index (χ3v) is 4.97. The second kappa shape index (κ2) is 11.5. The van der Waals surface area contributed by atoms with Gasteiger partial charge in [0.2, 0.25) is 0 Å². The fraction of sp³-hybridized carbons (Fsp3) is 0.895. The van der Waals surface area contributed by atoms with E-state index >= 15 is 0 Å². The van der Waals surface area contributed by atoms with Crippen LogP contribution >= 0.6 is 0 Å². The van der Waals surface area contributed by atoms with Crippen LogP contribution < -0.4 is 0 Å². The fourth-order valence-electron chi connectivity index (χ4n) is 3.40. The van der Waals surface area contributed by atoms with Crippen LogP contribution in [-0.4, -0.2) is 25.2 Å². The average molecular weight is 326 g/mol. The molecule has 0 spiro atoms. The highest BCUT2D eigenvalue weighted by Crippen LogP contribution is 2.33. The van der Waals surface area contributed by atoms with Crippen LogP contribution in [0, 0.1) is 17.8 Å². The van der Waals surface area contributed by atoms with Gasteiger partial charge in [-0.15, -0.1) is 0 Å². The molecule has 0 bridgehead atoms. The molecule has 0 aliphatic heterocycles. The Kier molecular flexibility index (Phi) is 9.97. The van der Waals surface area contributed by atoms with Gasteiger partial charge >= 0.3 is 11.9 Å². The summed E-state index contributed by atoms with van der Waals surface area (Å²) in [4.78, 5) is 23.7. The molecule has 4 nitrogen and oxygen atoms in total. The van der Waals surface area contributed by atoms with Gasteiger partial charge in [-0.3, -0.25) is 9.59 Å². The van der Waals surface area contributed by atoms with Crippen LogP contribution in [0.4, 0.5) is 0 Å². The zero-order valence-electron chi connectivity index (χ0n) is 15.1. The van der Waals surface area contributed by atoms with Crippen molar-refractivity contribution < 1.29 is 19.1 Å². The maximum absolute atomic E-state index is 12.0. The van der Waals surface area contributed by atoms with E-state index < -0.39 is 17.9 Å². The first kappa shape index (κ1) is 20.0. The summed E-state index contributed by atoms with van der Waals surface area (Å²) < 4.78 is 10.2. The average Bonchev–Trinajstić information content (AvgIpc) is 2.55. The van der Waals surface area contributed by atoms with Gasteiger partial charge in [0.25, 0.3) is 0 Å². The molecular formula is C19H34O4. The van der Waals surface area contributed by atoms with Crippen molar-refractivity contribution in [3.05, 3.63) is 0 Å². The second-order valence-electron chi connectivity index (χ2n) is 6.70. The quantitative estimate of drug-likeness (QED) is 0.438. The lowest BCUT2D eigenvalue weighted by Gasteiger charge is -2.28. The maximum atomic E-state index is 12.0. The molecule has 134 valence electrons. The van der Waals surface area contributed by atoms with Gasteiger partial charge in [-0.1, -0.05) is 58.8 Å². The fourth-order valence-corrected chi connectivity index (χ4v) is 3.40. The molecule has 0 amide bonds. The van der Waals surface area contributed by atoms with Gasteiger partial charge < -0.3 is 9.47 Å². The molecule has 4 heteroatoms. The van der Waals surface area contributed by atoms with Crippen LogP contribution in [0.2, 0.25) is 0 Å². The molecule has 1 unspecified atom stereocenters. The molecule has 0 heterocycles. The van der Waals surface area contributed by atoms with E-state index in [1.54, 1.807) is 13.8 Å². The summed E-state index contributed by atoms with van der Waals surface area (Å²) in [5, 5.41) is 0. The highest BCUT2D eigenvalue weighted by atomic mass is 16.6. The van der Waals surface area contributed by atoms with E-state index in [1.807, 2.05) is 0 Å². The summed E-state index contributed by atoms with van der Waals surface area (Å²) in [5.74, 6) is -0.0795. The Bertz CT molecular complexity index is 345. The van der Waals surface area contributed by atoms with Crippen molar-refractivity contribution in [1.82, 2.24) is 0 Å². The summed E-state index contributed by atoms with van der Waals surface area (Å²) in [6, 6.07) is 0. The van der Waals surface area contributed by atoms with Crippen LogP contribution in [0.3, 0.4) is 0 Å². The maximum Gasteiger partial charge on any atom is 0.320 e. The molecular weight excluding hydrogens is 292 g/mol. The second-order valence-corrected chi connectivity index (χ2v) is 6.70. The Hall–Kier alpha value is -1.06. The summed E-state index contributed by atoms with van der Waals surface area (Å²) in [5.41, 5.74) is 0. The van der Waals surface area contributed by atoms with Crippen molar-refractivity contribution in [3.63, 3.8) is 0 Å². The SMILES string of the molecule is CCCCC1CCC(CCOC(=O)C(CC)C(=O)OCC)CC1. The van der Waals surface area contributed by atoms with E-state index in [-0.39, 0.29) is 0 Å². The van der Waals surface area contributed by atoms with Gasteiger partial charge in [0, 0.05) is 0 Å². The Morgan fingerprint density at radius 2 is 1.48 bits per heavy atom. The summed E-state index contributed by atoms with van der Waals surface area (Å²) >= 11 is 0. The molecule has 0 aromatic carbocycles. The number of ether oxygens (including phenoxy) is 2. The van der Waals surface area contributed by atoms with E-state index in [2.05, 4.69) is 6.92 Å². The summed E-state index contributed by atoms with van der Waals surface area (Å²) in [6.45, 7) is 6.52. The Balaban J connectivity index is 2.21. The lowest BCUT2D eigenvalue weighted by atomic mass is 9.79. The minimum absolute atomic E-state index is 0.296. The molecule has 1 saturated carbocycles. The van der Waals surface area contributed by atoms with Gasteiger partial charge in [0.15, 0.2) is 5.92 Å². The molecule has 1 fully saturated rings. The molecule has 1 aliphatic rings. The van der Waals surface area contributed by atoms with Crippen molar-refractivity contribution in [2.24, 2.45) is 17.8 Å². The molecule has 1 rings (SSSR count). The van der Waals surface area contributed by atoms with Gasteiger partial charge in [0.05, 0.1) is 13.2 Å². The molecule has 0 saturated heterocycles. The summed E-state index contributed by atoms with van der Waals surface area (Å²) in [7, 11) is 0. The van der Waals surface area contributed by atoms with Crippen LogP contribution in [0.1, 0.15) is 78.6 Å². The Labute approximate surface area is 141 Å². The monoisotopic (exact) mass is 326 g/mol. The lowest BCUT2D eigenvalue weighted by Crippen LogP contribution is -2.28. The highest BCUT2D eigenvalue weighted by molar-refractivity contribution is 5.94. The zero-order valence-corrected chi connectivity index (χ0v) is 15.1. The van der Waals surface area contributed by atoms with Gasteiger partial charge in [-0.25, -0.2) is 0 Å². The highest BCUT2D eigenvalue weighted by Gasteiger charge is 2.28. The third kappa shape index (κ3) is 7.36. The van der Waals surface area contributed by atoms with Gasteiger partial charge in [0.1, 0.15) is 0 Å². The molecule has 0 N–H and O–H groups in total. The van der Waals surface area contributed by atoms with Crippen molar-refractivity contribution in [2.75, 3.05) is 13.2 Å². The van der Waals surface area contributed by atoms with E-state index in [1.165, 1.54) is 44.9 Å². The number of carbonyl (C=O) groups is 2. The Morgan fingerprint density at radius 3 is 2.00 bits per heavy atom. The Morgan fingerprint density at radius 1 is 0.913 bits per heavy atom. The van der Waals surface area contributed by atoms with Crippen molar-refractivity contribution in [2.45, 2.75) is 78.6 Å². The number of hydrogen-bond acceptors (Lipinski definition) is 4. The van der Waals surface area contributed by atoms with E-state index in [9.17, 15) is 9.59 Å². The van der Waals surface area contributed by atoms with Crippen LogP contribution in [0.25, 0.3) is 0 Å². The van der Waals surface area contributed by atoms with E-state index in [0.717, 1.165) is 12.3 Å². The molecule has 0 aromatic heterocycles. The normalized spacial score (nSPS) is 22.4. The smallest absolute Gasteiger partial charge is 0.320 e. The van der Waals surface area contributed by atoms with Crippen molar-refractivity contribution in [1.29, 1.82) is 0 Å². The van der Waals surface area contributed by atoms with Crippen molar-refractivity contribution >= 4 is 11.9 Å². The van der Waals surface area contributed by atoms with Crippen LogP contribution in [0.15, 0.2) is 0 Å². The minimum Gasteiger partial charge on any atom is -0.465 e. The first-order valence-corrected chi connectivity index (χ1v) is 9.45. The zero-order chi connectivity index (χ0) is 17.1. The lowest BCUT2D eigenvalue weighted by molar-refractivity contribution is -0.162. The summed E-state index contributed by atoms with van der Waals surface area (Å²) in [6.07, 6.45) is 10.5. The predicted molar refractivity (Wildman–Crippen MR) is 91.0 cm³/mol. The van der Waals surface area contributed by atoms with Crippen LogP contribution in [0.5, 0.6) is 0 Å².